The molecule has 2 aromatic rings. The van der Waals surface area contributed by atoms with E-state index in [2.05, 4.69) is 25.8 Å². The molecule has 6 heteroatoms. The molecule has 0 aromatic carbocycles. The third-order valence-corrected chi connectivity index (χ3v) is 2.95. The monoisotopic (exact) mass is 259 g/mol. The van der Waals surface area contributed by atoms with Crippen LogP contribution in [0.25, 0.3) is 0 Å². The van der Waals surface area contributed by atoms with Crippen LogP contribution in [0.3, 0.4) is 0 Å². The van der Waals surface area contributed by atoms with Gasteiger partial charge in [-0.25, -0.2) is 0 Å². The van der Waals surface area contributed by atoms with Gasteiger partial charge in [0.1, 0.15) is 0 Å². The third kappa shape index (κ3) is 3.51. The van der Waals surface area contributed by atoms with Crippen LogP contribution in [-0.2, 0) is 13.1 Å². The molecular formula is C13H17N5O. The standard InChI is InChI=1S/C13H17N5O/c1-9-3-2-4-11(16-9)7-15-13-18-17-12(19-13)8-14-10-5-6-10/h2-4,10,14H,5-8H2,1H3,(H,15,18). The fourth-order valence-electron chi connectivity index (χ4n) is 1.78. The van der Waals surface area contributed by atoms with Crippen molar-refractivity contribution < 1.29 is 4.42 Å². The molecular weight excluding hydrogens is 242 g/mol. The van der Waals surface area contributed by atoms with Gasteiger partial charge in [0.25, 0.3) is 0 Å². The van der Waals surface area contributed by atoms with E-state index < -0.39 is 0 Å². The van der Waals surface area contributed by atoms with Crippen molar-refractivity contribution in [2.75, 3.05) is 5.32 Å². The van der Waals surface area contributed by atoms with Crippen LogP contribution in [-0.4, -0.2) is 21.2 Å². The fourth-order valence-corrected chi connectivity index (χ4v) is 1.78. The average molecular weight is 259 g/mol. The Morgan fingerprint density at radius 1 is 1.26 bits per heavy atom. The Hall–Kier alpha value is -1.95. The lowest BCUT2D eigenvalue weighted by molar-refractivity contribution is 0.475. The zero-order valence-electron chi connectivity index (χ0n) is 10.9. The lowest BCUT2D eigenvalue weighted by Crippen LogP contribution is -2.15. The van der Waals surface area contributed by atoms with Crippen LogP contribution < -0.4 is 10.6 Å². The maximum atomic E-state index is 5.49. The van der Waals surface area contributed by atoms with Gasteiger partial charge < -0.3 is 15.1 Å². The molecule has 6 nitrogen and oxygen atoms in total. The summed E-state index contributed by atoms with van der Waals surface area (Å²) in [7, 11) is 0. The number of rotatable bonds is 6. The van der Waals surface area contributed by atoms with Crippen molar-refractivity contribution in [1.82, 2.24) is 20.5 Å². The van der Waals surface area contributed by atoms with Crippen molar-refractivity contribution >= 4 is 6.01 Å². The van der Waals surface area contributed by atoms with Gasteiger partial charge in [-0.15, -0.1) is 5.10 Å². The van der Waals surface area contributed by atoms with E-state index in [4.69, 9.17) is 4.42 Å². The van der Waals surface area contributed by atoms with Crippen LogP contribution in [0.15, 0.2) is 22.6 Å². The number of hydrogen-bond acceptors (Lipinski definition) is 6. The molecule has 0 radical (unpaired) electrons. The van der Waals surface area contributed by atoms with E-state index in [0.717, 1.165) is 11.4 Å². The maximum Gasteiger partial charge on any atom is 0.315 e. The summed E-state index contributed by atoms with van der Waals surface area (Å²) in [4.78, 5) is 4.40. The van der Waals surface area contributed by atoms with Gasteiger partial charge in [0, 0.05) is 11.7 Å². The molecule has 0 aliphatic heterocycles. The van der Waals surface area contributed by atoms with Gasteiger partial charge in [0.2, 0.25) is 5.89 Å². The van der Waals surface area contributed by atoms with Crippen LogP contribution >= 0.6 is 0 Å². The molecule has 1 fully saturated rings. The first kappa shape index (κ1) is 12.1. The Morgan fingerprint density at radius 2 is 2.16 bits per heavy atom. The number of aromatic nitrogens is 3. The number of pyridine rings is 1. The highest BCUT2D eigenvalue weighted by Gasteiger charge is 2.21. The van der Waals surface area contributed by atoms with E-state index in [1.807, 2.05) is 25.1 Å². The predicted molar refractivity (Wildman–Crippen MR) is 70.5 cm³/mol. The SMILES string of the molecule is Cc1cccc(CNc2nnc(CNC3CC3)o2)n1. The number of anilines is 1. The molecule has 0 atom stereocenters. The van der Waals surface area contributed by atoms with Crippen molar-refractivity contribution in [3.8, 4) is 0 Å². The predicted octanol–water partition coefficient (Wildman–Crippen LogP) is 1.64. The quantitative estimate of drug-likeness (QED) is 0.821. The number of nitrogens with zero attached hydrogens (tertiary/aromatic N) is 3. The summed E-state index contributed by atoms with van der Waals surface area (Å²) in [5.74, 6) is 0.617. The first-order chi connectivity index (χ1) is 9.29. The fraction of sp³-hybridized carbons (Fsp3) is 0.462. The Kier molecular flexibility index (Phi) is 3.41. The Bertz CT molecular complexity index is 549. The molecule has 1 aliphatic rings. The van der Waals surface area contributed by atoms with E-state index in [1.165, 1.54) is 12.8 Å². The average Bonchev–Trinajstić information content (AvgIpc) is 3.13. The third-order valence-electron chi connectivity index (χ3n) is 2.95. The Balaban J connectivity index is 1.51. The van der Waals surface area contributed by atoms with E-state index in [1.54, 1.807) is 0 Å². The topological polar surface area (TPSA) is 75.9 Å². The number of nitrogens with one attached hydrogen (secondary N) is 2. The first-order valence-corrected chi connectivity index (χ1v) is 6.52. The van der Waals surface area contributed by atoms with E-state index in [0.29, 0.717) is 31.0 Å². The zero-order valence-corrected chi connectivity index (χ0v) is 10.9. The van der Waals surface area contributed by atoms with E-state index in [-0.39, 0.29) is 0 Å². The largest absolute Gasteiger partial charge is 0.407 e. The Labute approximate surface area is 111 Å². The molecule has 1 saturated carbocycles. The minimum absolute atomic E-state index is 0.441. The lowest BCUT2D eigenvalue weighted by Gasteiger charge is -2.01. The summed E-state index contributed by atoms with van der Waals surface area (Å²) in [6.45, 7) is 3.19. The molecule has 2 heterocycles. The van der Waals surface area contributed by atoms with Gasteiger partial charge in [-0.2, -0.15) is 0 Å². The minimum atomic E-state index is 0.441. The van der Waals surface area contributed by atoms with Crippen molar-refractivity contribution in [3.05, 3.63) is 35.5 Å². The summed E-state index contributed by atoms with van der Waals surface area (Å²) < 4.78 is 5.49. The molecule has 0 spiro atoms. The lowest BCUT2D eigenvalue weighted by atomic mass is 10.3. The molecule has 100 valence electrons. The summed E-state index contributed by atoms with van der Waals surface area (Å²) in [5, 5.41) is 14.4. The second-order valence-electron chi connectivity index (χ2n) is 4.78. The van der Waals surface area contributed by atoms with Crippen LogP contribution in [0, 0.1) is 6.92 Å². The molecule has 0 amide bonds. The van der Waals surface area contributed by atoms with E-state index in [9.17, 15) is 0 Å². The van der Waals surface area contributed by atoms with Crippen molar-refractivity contribution in [2.24, 2.45) is 0 Å². The van der Waals surface area contributed by atoms with Crippen LogP contribution in [0.1, 0.15) is 30.1 Å². The van der Waals surface area contributed by atoms with Crippen molar-refractivity contribution in [1.29, 1.82) is 0 Å². The molecule has 19 heavy (non-hydrogen) atoms. The van der Waals surface area contributed by atoms with Gasteiger partial charge in [0.05, 0.1) is 18.8 Å². The van der Waals surface area contributed by atoms with Crippen molar-refractivity contribution in [3.63, 3.8) is 0 Å². The molecule has 2 aromatic heterocycles. The van der Waals surface area contributed by atoms with E-state index >= 15 is 0 Å². The molecule has 0 bridgehead atoms. The molecule has 0 unspecified atom stereocenters. The highest BCUT2D eigenvalue weighted by Crippen LogP contribution is 2.19. The smallest absolute Gasteiger partial charge is 0.315 e. The summed E-state index contributed by atoms with van der Waals surface area (Å²) in [6.07, 6.45) is 2.50. The highest BCUT2D eigenvalue weighted by molar-refractivity contribution is 5.20. The second-order valence-corrected chi connectivity index (χ2v) is 4.78. The summed E-state index contributed by atoms with van der Waals surface area (Å²) in [5.41, 5.74) is 1.95. The number of hydrogen-bond donors (Lipinski definition) is 2. The zero-order chi connectivity index (χ0) is 13.1. The van der Waals surface area contributed by atoms with Gasteiger partial charge in [-0.1, -0.05) is 11.2 Å². The maximum absolute atomic E-state index is 5.49. The number of aryl methyl sites for hydroxylation is 1. The molecule has 3 rings (SSSR count). The first-order valence-electron chi connectivity index (χ1n) is 6.52. The second kappa shape index (κ2) is 5.36. The van der Waals surface area contributed by atoms with Crippen molar-refractivity contribution in [2.45, 2.75) is 38.9 Å². The highest BCUT2D eigenvalue weighted by atomic mass is 16.4. The van der Waals surface area contributed by atoms with Crippen LogP contribution in [0.5, 0.6) is 0 Å². The van der Waals surface area contributed by atoms with Gasteiger partial charge >= 0.3 is 6.01 Å². The van der Waals surface area contributed by atoms with Crippen LogP contribution in [0.4, 0.5) is 6.01 Å². The summed E-state index contributed by atoms with van der Waals surface area (Å²) >= 11 is 0. The normalized spacial score (nSPS) is 14.6. The molecule has 2 N–H and O–H groups in total. The van der Waals surface area contributed by atoms with Gasteiger partial charge in [0.15, 0.2) is 0 Å². The summed E-state index contributed by atoms with van der Waals surface area (Å²) in [6, 6.07) is 7.00. The molecule has 0 saturated heterocycles. The van der Waals surface area contributed by atoms with Gasteiger partial charge in [-0.3, -0.25) is 4.98 Å². The van der Waals surface area contributed by atoms with Gasteiger partial charge in [-0.05, 0) is 31.9 Å². The Morgan fingerprint density at radius 3 is 2.95 bits per heavy atom. The minimum Gasteiger partial charge on any atom is -0.407 e. The van der Waals surface area contributed by atoms with Crippen LogP contribution in [0.2, 0.25) is 0 Å². The molecule has 1 aliphatic carbocycles.